The minimum absolute atomic E-state index is 0.350. The third kappa shape index (κ3) is 12.2. The number of ether oxygens (including phenoxy) is 6. The van der Waals surface area contributed by atoms with Crippen LogP contribution in [0.4, 0.5) is 42.9 Å². The lowest BCUT2D eigenvalue weighted by molar-refractivity contribution is 0.110. The molecule has 14 rings (SSSR count). The van der Waals surface area contributed by atoms with E-state index in [0.717, 1.165) is 124 Å². The molecule has 0 aliphatic heterocycles. The van der Waals surface area contributed by atoms with E-state index in [-0.39, 0.29) is 11.6 Å². The van der Waals surface area contributed by atoms with Gasteiger partial charge in [-0.2, -0.15) is 0 Å². The first-order valence-corrected chi connectivity index (χ1v) is 33.3. The van der Waals surface area contributed by atoms with E-state index in [1.807, 2.05) is 74.5 Å². The summed E-state index contributed by atoms with van der Waals surface area (Å²) in [7, 11) is 0. The Morgan fingerprint density at radius 2 is 0.643 bits per heavy atom. The van der Waals surface area contributed by atoms with Crippen molar-refractivity contribution in [3.63, 3.8) is 0 Å². The van der Waals surface area contributed by atoms with Gasteiger partial charge in [0.1, 0.15) is 61.1 Å². The molecule has 0 saturated carbocycles. The fourth-order valence-electron chi connectivity index (χ4n) is 14.4. The number of benzene rings is 12. The van der Waals surface area contributed by atoms with Crippen LogP contribution in [-0.4, -0.2) is 52.9 Å². The molecule has 0 heterocycles. The third-order valence-corrected chi connectivity index (χ3v) is 18.6. The van der Waals surface area contributed by atoms with Crippen LogP contribution in [0.3, 0.4) is 0 Å². The van der Waals surface area contributed by atoms with Crippen molar-refractivity contribution in [3.8, 4) is 56.4 Å². The van der Waals surface area contributed by atoms with Crippen LogP contribution >= 0.6 is 0 Å². The Kier molecular flexibility index (Phi) is 18.7. The van der Waals surface area contributed by atoms with Gasteiger partial charge in [-0.3, -0.25) is 0 Å². The van der Waals surface area contributed by atoms with Crippen molar-refractivity contribution in [2.75, 3.05) is 62.7 Å². The molecule has 0 radical (unpaired) electrons. The van der Waals surface area contributed by atoms with Crippen LogP contribution in [0.15, 0.2) is 304 Å². The van der Waals surface area contributed by atoms with Gasteiger partial charge in [0, 0.05) is 47.3 Å². The van der Waals surface area contributed by atoms with Crippen molar-refractivity contribution in [2.45, 2.75) is 24.7 Å². The van der Waals surface area contributed by atoms with Gasteiger partial charge in [-0.25, -0.2) is 8.78 Å². The molecule has 0 bridgehead atoms. The molecule has 0 amide bonds. The maximum atomic E-state index is 15.7. The summed E-state index contributed by atoms with van der Waals surface area (Å²) >= 11 is 0. The average molecular weight is 1290 g/mol. The number of fused-ring (bicyclic) bond motifs is 6. The van der Waals surface area contributed by atoms with Crippen molar-refractivity contribution >= 4 is 34.1 Å². The molecule has 0 fully saturated rings. The van der Waals surface area contributed by atoms with E-state index in [9.17, 15) is 0 Å². The molecule has 2 aliphatic rings. The molecular weight excluding hydrogens is 1220 g/mol. The van der Waals surface area contributed by atoms with Crippen LogP contribution in [0.1, 0.15) is 58.4 Å². The van der Waals surface area contributed by atoms with Gasteiger partial charge in [-0.05, 0) is 225 Å². The van der Waals surface area contributed by atoms with E-state index in [4.69, 9.17) is 28.4 Å². The Labute approximate surface area is 572 Å². The van der Waals surface area contributed by atoms with E-state index in [1.54, 1.807) is 36.4 Å². The van der Waals surface area contributed by atoms with Crippen molar-refractivity contribution in [3.05, 3.63) is 361 Å². The Hall–Kier alpha value is -11.3. The topological polar surface area (TPSA) is 61.9 Å². The van der Waals surface area contributed by atoms with Gasteiger partial charge >= 0.3 is 0 Å². The molecule has 12 aromatic carbocycles. The minimum Gasteiger partial charge on any atom is -0.491 e. The van der Waals surface area contributed by atoms with Crippen LogP contribution < -0.4 is 28.7 Å². The zero-order valence-corrected chi connectivity index (χ0v) is 54.9. The molecule has 0 spiro atoms. The lowest BCUT2D eigenvalue weighted by Crippen LogP contribution is -2.29. The maximum Gasteiger partial charge on any atom is 0.125 e. The number of rotatable bonds is 27. The lowest BCUT2D eigenvalue weighted by Gasteiger charge is -2.35. The number of hydrogen-bond acceptors (Lipinski definition) is 8. The first kappa shape index (κ1) is 64.1. The molecule has 2 unspecified atom stereocenters. The highest BCUT2D eigenvalue weighted by Crippen LogP contribution is 2.60. The fraction of sp³-hybridized carbons (Fsp3) is 0.136. The van der Waals surface area contributed by atoms with Gasteiger partial charge in [0.15, 0.2) is 0 Å². The predicted octanol–water partition coefficient (Wildman–Crippen LogP) is 21.3. The lowest BCUT2D eigenvalue weighted by atomic mass is 9.67. The zero-order chi connectivity index (χ0) is 67.0. The van der Waals surface area contributed by atoms with Crippen molar-refractivity contribution in [1.82, 2.24) is 0 Å². The molecule has 10 heteroatoms. The van der Waals surface area contributed by atoms with E-state index < -0.39 is 10.8 Å². The number of nitrogens with zero attached hydrogens (tertiary/aromatic N) is 2. The second-order valence-electron chi connectivity index (χ2n) is 24.2. The molecule has 0 N–H and O–H groups in total. The first-order chi connectivity index (χ1) is 48.2. The van der Waals surface area contributed by atoms with Crippen LogP contribution in [0, 0.1) is 11.6 Å². The Morgan fingerprint density at radius 3 is 0.990 bits per heavy atom. The molecule has 0 aromatic heterocycles. The molecule has 0 saturated heterocycles. The van der Waals surface area contributed by atoms with E-state index in [2.05, 4.69) is 205 Å². The highest BCUT2D eigenvalue weighted by Gasteiger charge is 2.48. The summed E-state index contributed by atoms with van der Waals surface area (Å²) in [5.74, 6) is 2.27. The summed E-state index contributed by atoms with van der Waals surface area (Å²) in [6.07, 6.45) is 3.49. The molecule has 12 aromatic rings. The molecule has 8 nitrogen and oxygen atoms in total. The largest absolute Gasteiger partial charge is 0.491 e. The molecule has 2 atom stereocenters. The number of halogens is 2. The Bertz CT molecular complexity index is 4480. The highest BCUT2D eigenvalue weighted by atomic mass is 19.1. The quantitative estimate of drug-likeness (QED) is 0.0373. The van der Waals surface area contributed by atoms with Gasteiger partial charge in [-0.1, -0.05) is 171 Å². The van der Waals surface area contributed by atoms with Gasteiger partial charge in [0.2, 0.25) is 0 Å². The summed E-state index contributed by atoms with van der Waals surface area (Å²) in [4.78, 5) is 4.24. The number of hydrogen-bond donors (Lipinski definition) is 0. The summed E-state index contributed by atoms with van der Waals surface area (Å²) < 4.78 is 67.0. The summed E-state index contributed by atoms with van der Waals surface area (Å²) in [5.41, 5.74) is 18.1. The van der Waals surface area contributed by atoms with Gasteiger partial charge in [0.05, 0.1) is 24.0 Å². The van der Waals surface area contributed by atoms with Crippen LogP contribution in [-0.2, 0) is 20.3 Å². The van der Waals surface area contributed by atoms with E-state index >= 15 is 8.78 Å². The van der Waals surface area contributed by atoms with E-state index in [1.165, 1.54) is 12.1 Å². The zero-order valence-electron chi connectivity index (χ0n) is 54.9. The third-order valence-electron chi connectivity index (χ3n) is 18.6. The Balaban J connectivity index is 0.840. The number of anilines is 6. The summed E-state index contributed by atoms with van der Waals surface area (Å²) in [5, 5.41) is 0. The minimum atomic E-state index is -0.797. The summed E-state index contributed by atoms with van der Waals surface area (Å²) in [6.45, 7) is 15.6. The molecular formula is C88H74F2N2O6. The van der Waals surface area contributed by atoms with E-state index in [0.29, 0.717) is 64.2 Å². The van der Waals surface area contributed by atoms with Crippen LogP contribution in [0.2, 0.25) is 0 Å². The van der Waals surface area contributed by atoms with Gasteiger partial charge < -0.3 is 38.2 Å². The van der Waals surface area contributed by atoms with Crippen molar-refractivity contribution in [1.29, 1.82) is 0 Å². The molecule has 2 aliphatic carbocycles. The maximum absolute atomic E-state index is 15.7. The highest BCUT2D eigenvalue weighted by molar-refractivity contribution is 5.92. The second-order valence-corrected chi connectivity index (χ2v) is 24.2. The van der Waals surface area contributed by atoms with Crippen LogP contribution in [0.25, 0.3) is 33.4 Å². The van der Waals surface area contributed by atoms with Crippen LogP contribution in [0.5, 0.6) is 23.0 Å². The normalized spacial score (nSPS) is 14.7. The monoisotopic (exact) mass is 1290 g/mol. The first-order valence-electron chi connectivity index (χ1n) is 33.3. The standard InChI is InChI=1S/C88H74F2N2O6/c1-5-51-95-75-41-27-63(28-42-75)87(65-31-45-77(46-32-65)97-55-53-93-7-3)83-21-11-9-19-79(83)81-49-39-73(59-85(81)87)91(71-17-13-15-67(89)57-71)69-35-23-61(24-36-69)62-25-37-70(38-26-62)92(72-18-14-16-68(90)58-72)74-40-50-82-80-20-10-12-22-84(80)88(86(82)60-74,64-29-43-76(44-30-64)96-52-6-2)66-33-47-78(48-34-66)98-56-54-94-8-4/h5-6,9-50,57-60H,1-2,7-8,51-56H2,3-4H3. The molecule has 486 valence electrons. The molecule has 98 heavy (non-hydrogen) atoms. The smallest absolute Gasteiger partial charge is 0.125 e. The predicted molar refractivity (Wildman–Crippen MR) is 391 cm³/mol. The summed E-state index contributed by atoms with van der Waals surface area (Å²) in [6, 6.07) is 94.2. The Morgan fingerprint density at radius 1 is 0.316 bits per heavy atom. The second kappa shape index (κ2) is 28.6. The SMILES string of the molecule is C=CCOc1ccc(C2(c3ccc(OCCOCC)cc3)c3ccccc3-c3ccc(N(c4ccc(-c5ccc(N(c6cccc(F)c6)c6ccc7c(c6)C(c6ccc(OCC=C)cc6)(c6ccc(OCCOCC)cc6)c6ccccc6-7)cc5)cc4)c4cccc(F)c4)cc32)cc1. The van der Waals surface area contributed by atoms with Gasteiger partial charge in [0.25, 0.3) is 0 Å². The van der Waals surface area contributed by atoms with Gasteiger partial charge in [-0.15, -0.1) is 0 Å². The fourth-order valence-corrected chi connectivity index (χ4v) is 14.4. The van der Waals surface area contributed by atoms with Crippen molar-refractivity contribution in [2.24, 2.45) is 0 Å². The average Bonchev–Trinajstić information content (AvgIpc) is 1.53. The van der Waals surface area contributed by atoms with Crippen molar-refractivity contribution < 1.29 is 37.2 Å².